The Kier molecular flexibility index (Phi) is 3.09. The van der Waals surface area contributed by atoms with Crippen LogP contribution in [0, 0.1) is 13.8 Å². The van der Waals surface area contributed by atoms with Crippen molar-refractivity contribution in [3.8, 4) is 0 Å². The summed E-state index contributed by atoms with van der Waals surface area (Å²) in [6.45, 7) is 11.6. The van der Waals surface area contributed by atoms with E-state index >= 15 is 0 Å². The Bertz CT molecular complexity index is 270. The maximum atomic E-state index is 4.56. The average Bonchev–Trinajstić information content (AvgIpc) is 2.33. The molecule has 1 N–H and O–H groups in total. The van der Waals surface area contributed by atoms with Gasteiger partial charge in [0.15, 0.2) is 0 Å². The lowest BCUT2D eigenvalue weighted by Crippen LogP contribution is -2.36. The highest BCUT2D eigenvalue weighted by Gasteiger charge is 2.23. The van der Waals surface area contributed by atoms with Gasteiger partial charge in [-0.2, -0.15) is 0 Å². The predicted octanol–water partition coefficient (Wildman–Crippen LogP) is 2.60. The third-order valence-corrected chi connectivity index (χ3v) is 3.58. The molecule has 0 atom stereocenters. The minimum Gasteiger partial charge on any atom is -0.306 e. The number of hydrogen-bond donors (Lipinski definition) is 1. The largest absolute Gasteiger partial charge is 0.306 e. The Labute approximate surface area is 84.4 Å². The Morgan fingerprint density at radius 2 is 2.00 bits per heavy atom. The second-order valence-corrected chi connectivity index (χ2v) is 5.02. The molecule has 0 saturated heterocycles. The highest BCUT2D eigenvalue weighted by atomic mass is 32.1. The summed E-state index contributed by atoms with van der Waals surface area (Å²) in [4.78, 5) is 5.88. The van der Waals surface area contributed by atoms with E-state index in [0.717, 1.165) is 12.2 Å². The molecular weight excluding hydrogens is 180 g/mol. The molecule has 1 aromatic heterocycles. The molecule has 0 fully saturated rings. The molecule has 0 aliphatic rings. The molecule has 2 nitrogen and oxygen atoms in total. The van der Waals surface area contributed by atoms with Gasteiger partial charge in [0, 0.05) is 4.88 Å². The van der Waals surface area contributed by atoms with Gasteiger partial charge in [-0.15, -0.1) is 11.3 Å². The highest BCUT2D eigenvalue weighted by molar-refractivity contribution is 7.11. The van der Waals surface area contributed by atoms with Crippen LogP contribution in [0.1, 0.15) is 36.3 Å². The van der Waals surface area contributed by atoms with Crippen LogP contribution in [0.4, 0.5) is 0 Å². The summed E-state index contributed by atoms with van der Waals surface area (Å²) in [7, 11) is 0. The van der Waals surface area contributed by atoms with E-state index in [1.165, 1.54) is 9.88 Å². The topological polar surface area (TPSA) is 24.9 Å². The van der Waals surface area contributed by atoms with Crippen LogP contribution in [0.3, 0.4) is 0 Å². The molecule has 0 spiro atoms. The Hall–Kier alpha value is -0.410. The van der Waals surface area contributed by atoms with Gasteiger partial charge in [0.2, 0.25) is 0 Å². The first-order chi connectivity index (χ1) is 5.97. The molecule has 0 unspecified atom stereocenters. The van der Waals surface area contributed by atoms with Crippen LogP contribution < -0.4 is 5.32 Å². The van der Waals surface area contributed by atoms with E-state index in [9.17, 15) is 0 Å². The van der Waals surface area contributed by atoms with Gasteiger partial charge >= 0.3 is 0 Å². The SMILES string of the molecule is CCNC(C)(C)c1nc(C)c(C)s1. The molecule has 0 bridgehead atoms. The third-order valence-electron chi connectivity index (χ3n) is 2.18. The summed E-state index contributed by atoms with van der Waals surface area (Å²) in [5, 5.41) is 4.61. The zero-order chi connectivity index (χ0) is 10.1. The van der Waals surface area contributed by atoms with Crippen molar-refractivity contribution in [1.29, 1.82) is 0 Å². The van der Waals surface area contributed by atoms with Gasteiger partial charge in [-0.25, -0.2) is 4.98 Å². The van der Waals surface area contributed by atoms with Gasteiger partial charge in [-0.05, 0) is 34.2 Å². The fourth-order valence-electron chi connectivity index (χ4n) is 1.26. The fraction of sp³-hybridized carbons (Fsp3) is 0.700. The molecule has 1 heterocycles. The number of aryl methyl sites for hydroxylation is 2. The van der Waals surface area contributed by atoms with Crippen LogP contribution in [0.25, 0.3) is 0 Å². The molecule has 1 aromatic rings. The van der Waals surface area contributed by atoms with Gasteiger partial charge in [0.1, 0.15) is 5.01 Å². The molecule has 74 valence electrons. The first kappa shape index (κ1) is 10.7. The highest BCUT2D eigenvalue weighted by Crippen LogP contribution is 2.26. The first-order valence-electron chi connectivity index (χ1n) is 4.67. The third kappa shape index (κ3) is 2.29. The summed E-state index contributed by atoms with van der Waals surface area (Å²) >= 11 is 1.79. The molecule has 13 heavy (non-hydrogen) atoms. The number of nitrogens with zero attached hydrogens (tertiary/aromatic N) is 1. The average molecular weight is 198 g/mol. The Morgan fingerprint density at radius 1 is 1.38 bits per heavy atom. The molecule has 0 radical (unpaired) electrons. The zero-order valence-corrected chi connectivity index (χ0v) is 9.88. The molecule has 3 heteroatoms. The van der Waals surface area contributed by atoms with E-state index in [0.29, 0.717) is 0 Å². The van der Waals surface area contributed by atoms with Crippen LogP contribution in [-0.2, 0) is 5.54 Å². The smallest absolute Gasteiger partial charge is 0.113 e. The molecule has 0 aliphatic carbocycles. The van der Waals surface area contributed by atoms with E-state index < -0.39 is 0 Å². The summed E-state index contributed by atoms with van der Waals surface area (Å²) in [5.41, 5.74) is 1.17. The maximum Gasteiger partial charge on any atom is 0.113 e. The second-order valence-electron chi connectivity index (χ2n) is 3.82. The minimum absolute atomic E-state index is 0.0123. The van der Waals surface area contributed by atoms with Crippen LogP contribution in [-0.4, -0.2) is 11.5 Å². The van der Waals surface area contributed by atoms with Gasteiger partial charge in [-0.3, -0.25) is 0 Å². The van der Waals surface area contributed by atoms with Crippen molar-refractivity contribution in [3.63, 3.8) is 0 Å². The number of aromatic nitrogens is 1. The lowest BCUT2D eigenvalue weighted by Gasteiger charge is -2.22. The minimum atomic E-state index is 0.0123. The van der Waals surface area contributed by atoms with Gasteiger partial charge in [-0.1, -0.05) is 6.92 Å². The van der Waals surface area contributed by atoms with Gasteiger partial charge in [0.05, 0.1) is 11.2 Å². The fourth-order valence-corrected chi connectivity index (χ4v) is 2.25. The van der Waals surface area contributed by atoms with Crippen molar-refractivity contribution in [2.45, 2.75) is 40.2 Å². The first-order valence-corrected chi connectivity index (χ1v) is 5.48. The number of rotatable bonds is 3. The van der Waals surface area contributed by atoms with E-state index in [4.69, 9.17) is 0 Å². The molecule has 0 amide bonds. The van der Waals surface area contributed by atoms with Crippen molar-refractivity contribution in [3.05, 3.63) is 15.6 Å². The summed E-state index contributed by atoms with van der Waals surface area (Å²) in [6, 6.07) is 0. The van der Waals surface area contributed by atoms with Crippen molar-refractivity contribution in [2.75, 3.05) is 6.54 Å². The van der Waals surface area contributed by atoms with Crippen molar-refractivity contribution < 1.29 is 0 Å². The second kappa shape index (κ2) is 3.76. The Balaban J connectivity index is 2.93. The van der Waals surface area contributed by atoms with E-state index in [1.54, 1.807) is 11.3 Å². The van der Waals surface area contributed by atoms with Gasteiger partial charge in [0.25, 0.3) is 0 Å². The van der Waals surface area contributed by atoms with Gasteiger partial charge < -0.3 is 5.32 Å². The van der Waals surface area contributed by atoms with Crippen LogP contribution in [0.15, 0.2) is 0 Å². The van der Waals surface area contributed by atoms with Crippen LogP contribution in [0.5, 0.6) is 0 Å². The lowest BCUT2D eigenvalue weighted by atomic mass is 10.1. The van der Waals surface area contributed by atoms with Crippen LogP contribution >= 0.6 is 11.3 Å². The Morgan fingerprint density at radius 3 is 2.38 bits per heavy atom. The maximum absolute atomic E-state index is 4.56. The lowest BCUT2D eigenvalue weighted by molar-refractivity contribution is 0.413. The standard InChI is InChI=1S/C10H18N2S/c1-6-11-10(4,5)9-12-7(2)8(3)13-9/h11H,6H2,1-5H3. The van der Waals surface area contributed by atoms with Crippen LogP contribution in [0.2, 0.25) is 0 Å². The van der Waals surface area contributed by atoms with E-state index in [-0.39, 0.29) is 5.54 Å². The van der Waals surface area contributed by atoms with E-state index in [2.05, 4.69) is 44.9 Å². The molecule has 0 aromatic carbocycles. The number of thiazole rings is 1. The van der Waals surface area contributed by atoms with E-state index in [1.807, 2.05) is 0 Å². The molecule has 0 saturated carbocycles. The molecule has 1 rings (SSSR count). The monoisotopic (exact) mass is 198 g/mol. The van der Waals surface area contributed by atoms with Crippen molar-refractivity contribution >= 4 is 11.3 Å². The number of nitrogens with one attached hydrogen (secondary N) is 1. The predicted molar refractivity (Wildman–Crippen MR) is 58.3 cm³/mol. The molecular formula is C10H18N2S. The number of hydrogen-bond acceptors (Lipinski definition) is 3. The normalized spacial score (nSPS) is 12.1. The van der Waals surface area contributed by atoms with Crippen molar-refractivity contribution in [1.82, 2.24) is 10.3 Å². The van der Waals surface area contributed by atoms with Crippen molar-refractivity contribution in [2.24, 2.45) is 0 Å². The molecule has 0 aliphatic heterocycles. The summed E-state index contributed by atoms with van der Waals surface area (Å²) < 4.78 is 0. The summed E-state index contributed by atoms with van der Waals surface area (Å²) in [6.07, 6.45) is 0. The zero-order valence-electron chi connectivity index (χ0n) is 9.06. The summed E-state index contributed by atoms with van der Waals surface area (Å²) in [5.74, 6) is 0. The quantitative estimate of drug-likeness (QED) is 0.807.